The summed E-state index contributed by atoms with van der Waals surface area (Å²) in [6, 6.07) is 1.83. The maximum absolute atomic E-state index is 12.7. The predicted molar refractivity (Wildman–Crippen MR) is 63.9 cm³/mol. The summed E-state index contributed by atoms with van der Waals surface area (Å²) < 4.78 is 52.9. The molecule has 0 aromatic heterocycles. The molecule has 104 valence electrons. The van der Waals surface area contributed by atoms with Gasteiger partial charge in [0, 0.05) is 0 Å². The zero-order valence-electron chi connectivity index (χ0n) is 9.74. The van der Waals surface area contributed by atoms with Crippen LogP contribution in [0.5, 0.6) is 5.75 Å². The minimum Gasteiger partial charge on any atom is -0.490 e. The Labute approximate surface area is 113 Å². The van der Waals surface area contributed by atoms with E-state index in [-0.39, 0.29) is 15.8 Å². The molecule has 0 heterocycles. The smallest absolute Gasteiger partial charge is 0.392 e. The molecule has 0 unspecified atom stereocenters. The Morgan fingerprint density at radius 1 is 1.11 bits per heavy atom. The second kappa shape index (κ2) is 7.69. The summed E-state index contributed by atoms with van der Waals surface area (Å²) >= 11 is 11.1. The standard InChI is InChI=1S/C9H6Cl2F4O.C2H6/c10-6-3-5(12)4-7(11)8(6)16-2-1-9(13,14)15;1-2/h3-4H,1-2H2;1-2H3. The highest BCUT2D eigenvalue weighted by molar-refractivity contribution is 6.37. The van der Waals surface area contributed by atoms with Gasteiger partial charge < -0.3 is 4.74 Å². The second-order valence-corrected chi connectivity index (χ2v) is 3.73. The van der Waals surface area contributed by atoms with E-state index in [0.717, 1.165) is 12.1 Å². The van der Waals surface area contributed by atoms with Crippen LogP contribution in [0.4, 0.5) is 17.6 Å². The van der Waals surface area contributed by atoms with Crippen LogP contribution < -0.4 is 4.74 Å². The third-order valence-electron chi connectivity index (χ3n) is 1.59. The Kier molecular flexibility index (Phi) is 7.40. The van der Waals surface area contributed by atoms with Crippen LogP contribution in [0, 0.1) is 5.82 Å². The zero-order valence-corrected chi connectivity index (χ0v) is 11.3. The van der Waals surface area contributed by atoms with Crippen LogP contribution in [0.15, 0.2) is 12.1 Å². The molecule has 0 saturated heterocycles. The van der Waals surface area contributed by atoms with Crippen molar-refractivity contribution in [3.63, 3.8) is 0 Å². The van der Waals surface area contributed by atoms with Gasteiger partial charge in [-0.15, -0.1) is 0 Å². The fraction of sp³-hybridized carbons (Fsp3) is 0.455. The second-order valence-electron chi connectivity index (χ2n) is 2.91. The van der Waals surface area contributed by atoms with Gasteiger partial charge in [0.15, 0.2) is 5.75 Å². The van der Waals surface area contributed by atoms with Crippen molar-refractivity contribution in [1.29, 1.82) is 0 Å². The lowest BCUT2D eigenvalue weighted by atomic mass is 10.3. The SMILES string of the molecule is CC.Fc1cc(Cl)c(OCCC(F)(F)F)c(Cl)c1. The topological polar surface area (TPSA) is 9.23 Å². The molecule has 18 heavy (non-hydrogen) atoms. The van der Waals surface area contributed by atoms with Crippen molar-refractivity contribution >= 4 is 23.2 Å². The van der Waals surface area contributed by atoms with E-state index < -0.39 is 25.0 Å². The third-order valence-corrected chi connectivity index (χ3v) is 2.16. The van der Waals surface area contributed by atoms with Gasteiger partial charge in [-0.2, -0.15) is 13.2 Å². The largest absolute Gasteiger partial charge is 0.490 e. The predicted octanol–water partition coefficient (Wildman–Crippen LogP) is 5.49. The first-order valence-electron chi connectivity index (χ1n) is 5.13. The molecule has 0 fully saturated rings. The third kappa shape index (κ3) is 6.31. The van der Waals surface area contributed by atoms with Gasteiger partial charge in [0.2, 0.25) is 0 Å². The minimum absolute atomic E-state index is 0.144. The fourth-order valence-electron chi connectivity index (χ4n) is 0.936. The summed E-state index contributed by atoms with van der Waals surface area (Å²) in [5, 5.41) is -0.320. The maximum Gasteiger partial charge on any atom is 0.392 e. The summed E-state index contributed by atoms with van der Waals surface area (Å²) in [5.41, 5.74) is 0. The lowest BCUT2D eigenvalue weighted by molar-refractivity contribution is -0.139. The van der Waals surface area contributed by atoms with Gasteiger partial charge in [0.1, 0.15) is 5.82 Å². The molecule has 1 nitrogen and oxygen atoms in total. The van der Waals surface area contributed by atoms with Crippen LogP contribution >= 0.6 is 23.2 Å². The Bertz CT molecular complexity index is 357. The number of hydrogen-bond donors (Lipinski definition) is 0. The molecule has 0 amide bonds. The van der Waals surface area contributed by atoms with Gasteiger partial charge in [-0.1, -0.05) is 37.0 Å². The summed E-state index contributed by atoms with van der Waals surface area (Å²) in [4.78, 5) is 0. The van der Waals surface area contributed by atoms with Gasteiger partial charge in [-0.05, 0) is 12.1 Å². The molecule has 0 radical (unpaired) electrons. The average molecular weight is 307 g/mol. The summed E-state index contributed by atoms with van der Waals surface area (Å²) in [6.07, 6.45) is -5.45. The van der Waals surface area contributed by atoms with E-state index in [0.29, 0.717) is 0 Å². The minimum atomic E-state index is -4.32. The van der Waals surface area contributed by atoms with Gasteiger partial charge in [0.25, 0.3) is 0 Å². The normalized spacial score (nSPS) is 10.7. The van der Waals surface area contributed by atoms with Crippen LogP contribution in [0.1, 0.15) is 20.3 Å². The zero-order chi connectivity index (χ0) is 14.3. The van der Waals surface area contributed by atoms with Crippen LogP contribution in [0.2, 0.25) is 10.0 Å². The molecule has 0 aliphatic rings. The number of rotatable bonds is 3. The molecule has 0 aliphatic carbocycles. The molecule has 0 aliphatic heterocycles. The monoisotopic (exact) mass is 306 g/mol. The van der Waals surface area contributed by atoms with Gasteiger partial charge in [-0.3, -0.25) is 0 Å². The van der Waals surface area contributed by atoms with Crippen LogP contribution in [0.25, 0.3) is 0 Å². The number of alkyl halides is 3. The van der Waals surface area contributed by atoms with Crippen molar-refractivity contribution in [2.45, 2.75) is 26.4 Å². The van der Waals surface area contributed by atoms with Crippen LogP contribution in [-0.4, -0.2) is 12.8 Å². The quantitative estimate of drug-likeness (QED) is 0.671. The molecule has 1 aromatic carbocycles. The number of hydrogen-bond acceptors (Lipinski definition) is 1. The van der Waals surface area contributed by atoms with Crippen LogP contribution in [-0.2, 0) is 0 Å². The Hall–Kier alpha value is -0.680. The van der Waals surface area contributed by atoms with Crippen LogP contribution in [0.3, 0.4) is 0 Å². The molecule has 7 heteroatoms. The highest BCUT2D eigenvalue weighted by Gasteiger charge is 2.27. The van der Waals surface area contributed by atoms with Gasteiger partial charge >= 0.3 is 6.18 Å². The van der Waals surface area contributed by atoms with E-state index in [1.54, 1.807) is 0 Å². The number of ether oxygens (including phenoxy) is 1. The Balaban J connectivity index is 0.00000137. The Morgan fingerprint density at radius 3 is 1.94 bits per heavy atom. The first-order chi connectivity index (χ1) is 8.29. The average Bonchev–Trinajstić information content (AvgIpc) is 2.23. The van der Waals surface area contributed by atoms with Crippen molar-refractivity contribution in [1.82, 2.24) is 0 Å². The first-order valence-corrected chi connectivity index (χ1v) is 5.89. The molecule has 1 rings (SSSR count). The van der Waals surface area contributed by atoms with Gasteiger partial charge in [-0.25, -0.2) is 4.39 Å². The molecular weight excluding hydrogens is 295 g/mol. The van der Waals surface area contributed by atoms with Crippen molar-refractivity contribution in [2.75, 3.05) is 6.61 Å². The molecule has 0 N–H and O–H groups in total. The highest BCUT2D eigenvalue weighted by atomic mass is 35.5. The lowest BCUT2D eigenvalue weighted by Crippen LogP contribution is -2.13. The van der Waals surface area contributed by atoms with E-state index >= 15 is 0 Å². The number of halogens is 6. The van der Waals surface area contributed by atoms with Crippen molar-refractivity contribution in [2.24, 2.45) is 0 Å². The Morgan fingerprint density at radius 2 is 1.56 bits per heavy atom. The van der Waals surface area contributed by atoms with E-state index in [9.17, 15) is 17.6 Å². The van der Waals surface area contributed by atoms with Gasteiger partial charge in [0.05, 0.1) is 23.1 Å². The van der Waals surface area contributed by atoms with E-state index in [1.807, 2.05) is 13.8 Å². The lowest BCUT2D eigenvalue weighted by Gasteiger charge is -2.11. The maximum atomic E-state index is 12.7. The highest BCUT2D eigenvalue weighted by Crippen LogP contribution is 2.34. The summed E-state index contributed by atoms with van der Waals surface area (Å²) in [7, 11) is 0. The van der Waals surface area contributed by atoms with Crippen molar-refractivity contribution < 1.29 is 22.3 Å². The molecule has 0 bridgehead atoms. The number of benzene rings is 1. The van der Waals surface area contributed by atoms with E-state index in [1.165, 1.54) is 0 Å². The summed E-state index contributed by atoms with van der Waals surface area (Å²) in [6.45, 7) is 3.38. The molecular formula is C11H12Cl2F4O. The molecule has 0 saturated carbocycles. The molecule has 0 atom stereocenters. The van der Waals surface area contributed by atoms with E-state index in [4.69, 9.17) is 27.9 Å². The fourth-order valence-corrected chi connectivity index (χ4v) is 1.51. The molecule has 1 aromatic rings. The van der Waals surface area contributed by atoms with Crippen molar-refractivity contribution in [3.8, 4) is 5.75 Å². The molecule has 0 spiro atoms. The first kappa shape index (κ1) is 17.3. The van der Waals surface area contributed by atoms with E-state index in [2.05, 4.69) is 0 Å². The summed E-state index contributed by atoms with van der Waals surface area (Å²) in [5.74, 6) is -0.827. The van der Waals surface area contributed by atoms with Crippen molar-refractivity contribution in [3.05, 3.63) is 28.0 Å².